The highest BCUT2D eigenvalue weighted by atomic mass is 79.9. The predicted octanol–water partition coefficient (Wildman–Crippen LogP) is 1.57. The van der Waals surface area contributed by atoms with E-state index in [1.54, 1.807) is 23.3 Å². The number of halogens is 1. The third kappa shape index (κ3) is 5.22. The summed E-state index contributed by atoms with van der Waals surface area (Å²) in [6.07, 6.45) is 0. The first-order valence-electron chi connectivity index (χ1n) is 6.31. The number of nitrogens with zero attached hydrogens (tertiary/aromatic N) is 1. The van der Waals surface area contributed by atoms with E-state index >= 15 is 0 Å². The maximum atomic E-state index is 11.9. The lowest BCUT2D eigenvalue weighted by Crippen LogP contribution is -2.47. The van der Waals surface area contributed by atoms with Gasteiger partial charge in [0.1, 0.15) is 0 Å². The Hall–Kier alpha value is -0.920. The summed E-state index contributed by atoms with van der Waals surface area (Å²) in [7, 11) is 1.71. The highest BCUT2D eigenvalue weighted by Crippen LogP contribution is 2.21. The number of amides is 2. The quantitative estimate of drug-likeness (QED) is 0.807. The van der Waals surface area contributed by atoms with Crippen LogP contribution >= 0.6 is 27.3 Å². The lowest BCUT2D eigenvalue weighted by molar-refractivity contribution is -0.132. The maximum Gasteiger partial charge on any atom is 0.242 e. The van der Waals surface area contributed by atoms with Gasteiger partial charge < -0.3 is 16.0 Å². The molecular formula is C13H20BrN3O2S. The van der Waals surface area contributed by atoms with Gasteiger partial charge in [0, 0.05) is 13.6 Å². The second-order valence-electron chi connectivity index (χ2n) is 5.00. The minimum Gasteiger partial charge on any atom is -0.346 e. The highest BCUT2D eigenvalue weighted by molar-refractivity contribution is 9.11. The van der Waals surface area contributed by atoms with Gasteiger partial charge in [0.2, 0.25) is 11.8 Å². The molecule has 7 heteroatoms. The van der Waals surface area contributed by atoms with Crippen molar-refractivity contribution < 1.29 is 9.59 Å². The van der Waals surface area contributed by atoms with Gasteiger partial charge in [0.05, 0.1) is 16.4 Å². The molecular weight excluding hydrogens is 342 g/mol. The van der Waals surface area contributed by atoms with Crippen LogP contribution in [0.2, 0.25) is 0 Å². The Kier molecular flexibility index (Phi) is 6.64. The monoisotopic (exact) mass is 361 g/mol. The fraction of sp³-hybridized carbons (Fsp3) is 0.538. The number of hydrogen-bond donors (Lipinski definition) is 2. The van der Waals surface area contributed by atoms with E-state index in [4.69, 9.17) is 5.73 Å². The molecule has 0 spiro atoms. The highest BCUT2D eigenvalue weighted by Gasteiger charge is 2.18. The Morgan fingerprint density at radius 2 is 2.15 bits per heavy atom. The first-order valence-corrected chi connectivity index (χ1v) is 7.98. The molecule has 0 radical (unpaired) electrons. The van der Waals surface area contributed by atoms with E-state index in [1.807, 2.05) is 25.3 Å². The second kappa shape index (κ2) is 7.75. The van der Waals surface area contributed by atoms with Crippen molar-refractivity contribution in [1.29, 1.82) is 0 Å². The Morgan fingerprint density at radius 3 is 2.65 bits per heavy atom. The zero-order valence-electron chi connectivity index (χ0n) is 11.9. The summed E-state index contributed by atoms with van der Waals surface area (Å²) in [5.74, 6) is -0.386. The first-order chi connectivity index (χ1) is 9.31. The minimum absolute atomic E-state index is 0.0267. The van der Waals surface area contributed by atoms with E-state index in [0.717, 1.165) is 9.35 Å². The lowest BCUT2D eigenvalue weighted by atomic mass is 10.1. The van der Waals surface area contributed by atoms with Crippen LogP contribution in [0.5, 0.6) is 0 Å². The third-order valence-corrected chi connectivity index (χ3v) is 4.46. The summed E-state index contributed by atoms with van der Waals surface area (Å²) in [5.41, 5.74) is 6.77. The number of rotatable bonds is 6. The predicted molar refractivity (Wildman–Crippen MR) is 84.3 cm³/mol. The summed E-state index contributed by atoms with van der Waals surface area (Å²) >= 11 is 4.96. The molecule has 0 aliphatic carbocycles. The van der Waals surface area contributed by atoms with Gasteiger partial charge >= 0.3 is 0 Å². The van der Waals surface area contributed by atoms with Gasteiger partial charge in [-0.05, 0) is 38.9 Å². The topological polar surface area (TPSA) is 75.4 Å². The summed E-state index contributed by atoms with van der Waals surface area (Å²) in [4.78, 5) is 25.2. The van der Waals surface area contributed by atoms with Crippen molar-refractivity contribution in [2.75, 3.05) is 13.6 Å². The molecule has 1 heterocycles. The van der Waals surface area contributed by atoms with E-state index in [-0.39, 0.29) is 24.3 Å². The molecule has 112 valence electrons. The molecule has 20 heavy (non-hydrogen) atoms. The van der Waals surface area contributed by atoms with Gasteiger partial charge in [-0.1, -0.05) is 13.8 Å². The molecule has 3 N–H and O–H groups in total. The molecule has 0 aliphatic rings. The summed E-state index contributed by atoms with van der Waals surface area (Å²) in [6, 6.07) is 1.39. The van der Waals surface area contributed by atoms with Crippen LogP contribution in [0.4, 0.5) is 0 Å². The van der Waals surface area contributed by atoms with Crippen LogP contribution in [0.15, 0.2) is 15.2 Å². The number of carbonyl (C=O) groups is 2. The SMILES string of the molecule is CC(C)[C@H](N)C(=O)NCC(=O)N(C)Cc1csc(Br)c1. The van der Waals surface area contributed by atoms with Crippen molar-refractivity contribution in [2.45, 2.75) is 26.4 Å². The molecule has 1 atom stereocenters. The Labute approximate surface area is 131 Å². The van der Waals surface area contributed by atoms with Crippen LogP contribution in [0, 0.1) is 5.92 Å². The number of nitrogens with two attached hydrogens (primary N) is 1. The van der Waals surface area contributed by atoms with Crippen molar-refractivity contribution in [3.63, 3.8) is 0 Å². The van der Waals surface area contributed by atoms with E-state index in [9.17, 15) is 9.59 Å². The molecule has 0 aromatic carbocycles. The molecule has 1 aromatic heterocycles. The zero-order valence-corrected chi connectivity index (χ0v) is 14.3. The molecule has 0 saturated carbocycles. The Balaban J connectivity index is 2.40. The van der Waals surface area contributed by atoms with Gasteiger partial charge in [0.15, 0.2) is 0 Å². The number of carbonyl (C=O) groups excluding carboxylic acids is 2. The molecule has 0 unspecified atom stereocenters. The molecule has 0 bridgehead atoms. The largest absolute Gasteiger partial charge is 0.346 e. The van der Waals surface area contributed by atoms with Gasteiger partial charge in [-0.25, -0.2) is 0 Å². The summed E-state index contributed by atoms with van der Waals surface area (Å²) in [6.45, 7) is 4.23. The lowest BCUT2D eigenvalue weighted by Gasteiger charge is -2.19. The standard InChI is InChI=1S/C13H20BrN3O2S/c1-8(2)12(15)13(19)16-5-11(18)17(3)6-9-4-10(14)20-7-9/h4,7-8,12H,5-6,15H2,1-3H3,(H,16,19)/t12-/m0/s1. The average Bonchev–Trinajstić information content (AvgIpc) is 2.79. The summed E-state index contributed by atoms with van der Waals surface area (Å²) in [5, 5.41) is 4.56. The van der Waals surface area contributed by atoms with Crippen molar-refractivity contribution in [3.8, 4) is 0 Å². The molecule has 0 saturated heterocycles. The number of hydrogen-bond acceptors (Lipinski definition) is 4. The maximum absolute atomic E-state index is 11.9. The Bertz CT molecular complexity index is 476. The number of likely N-dealkylation sites (N-methyl/N-ethyl adjacent to an activating group) is 1. The van der Waals surface area contributed by atoms with Crippen molar-refractivity contribution in [1.82, 2.24) is 10.2 Å². The van der Waals surface area contributed by atoms with Gasteiger partial charge in [-0.3, -0.25) is 9.59 Å². The third-order valence-electron chi connectivity index (χ3n) is 2.90. The fourth-order valence-electron chi connectivity index (χ4n) is 1.51. The van der Waals surface area contributed by atoms with Crippen LogP contribution in [0.3, 0.4) is 0 Å². The average molecular weight is 362 g/mol. The van der Waals surface area contributed by atoms with E-state index < -0.39 is 6.04 Å². The zero-order chi connectivity index (χ0) is 15.3. The van der Waals surface area contributed by atoms with Gasteiger partial charge in [0.25, 0.3) is 0 Å². The van der Waals surface area contributed by atoms with E-state index in [2.05, 4.69) is 21.2 Å². The molecule has 2 amide bonds. The number of thiophene rings is 1. The summed E-state index contributed by atoms with van der Waals surface area (Å²) < 4.78 is 1.03. The van der Waals surface area contributed by atoms with Gasteiger partial charge in [-0.15, -0.1) is 11.3 Å². The number of nitrogens with one attached hydrogen (secondary N) is 1. The second-order valence-corrected chi connectivity index (χ2v) is 7.29. The van der Waals surface area contributed by atoms with Gasteiger partial charge in [-0.2, -0.15) is 0 Å². The molecule has 0 fully saturated rings. The van der Waals surface area contributed by atoms with Crippen molar-refractivity contribution in [2.24, 2.45) is 11.7 Å². The fourth-order valence-corrected chi connectivity index (χ4v) is 2.71. The van der Waals surface area contributed by atoms with Crippen LogP contribution in [0.25, 0.3) is 0 Å². The smallest absolute Gasteiger partial charge is 0.242 e. The molecule has 5 nitrogen and oxygen atoms in total. The molecule has 0 aliphatic heterocycles. The minimum atomic E-state index is -0.582. The van der Waals surface area contributed by atoms with Crippen molar-refractivity contribution >= 4 is 39.1 Å². The normalized spacial score (nSPS) is 12.3. The van der Waals surface area contributed by atoms with Crippen LogP contribution in [-0.4, -0.2) is 36.3 Å². The van der Waals surface area contributed by atoms with Crippen LogP contribution < -0.4 is 11.1 Å². The first kappa shape index (κ1) is 17.1. The van der Waals surface area contributed by atoms with Crippen molar-refractivity contribution in [3.05, 3.63) is 20.8 Å². The van der Waals surface area contributed by atoms with Crippen LogP contribution in [0.1, 0.15) is 19.4 Å². The van der Waals surface area contributed by atoms with Crippen LogP contribution in [-0.2, 0) is 16.1 Å². The van der Waals surface area contributed by atoms with E-state index in [1.165, 1.54) is 0 Å². The molecule has 1 rings (SSSR count). The molecule has 1 aromatic rings. The van der Waals surface area contributed by atoms with E-state index in [0.29, 0.717) is 6.54 Å². The Morgan fingerprint density at radius 1 is 1.50 bits per heavy atom.